The molecular weight excluding hydrogens is 472 g/mol. The molecule has 34 heavy (non-hydrogen) atoms. The monoisotopic (exact) mass is 496 g/mol. The first-order valence-corrected chi connectivity index (χ1v) is 12.6. The van der Waals surface area contributed by atoms with Crippen molar-refractivity contribution in [3.63, 3.8) is 0 Å². The van der Waals surface area contributed by atoms with Gasteiger partial charge in [-0.15, -0.1) is 11.3 Å². The van der Waals surface area contributed by atoms with E-state index in [1.807, 2.05) is 41.8 Å². The van der Waals surface area contributed by atoms with E-state index in [0.29, 0.717) is 31.1 Å². The van der Waals surface area contributed by atoms with Crippen LogP contribution in [-0.2, 0) is 17.6 Å². The largest absolute Gasteiger partial charge is 0.366 e. The molecule has 0 aliphatic carbocycles. The first kappa shape index (κ1) is 22.7. The van der Waals surface area contributed by atoms with Gasteiger partial charge in [-0.1, -0.05) is 29.8 Å². The van der Waals surface area contributed by atoms with Crippen molar-refractivity contribution in [3.05, 3.63) is 85.6 Å². The third-order valence-corrected chi connectivity index (χ3v) is 7.94. The molecule has 0 spiro atoms. The van der Waals surface area contributed by atoms with Crippen LogP contribution in [0.3, 0.4) is 0 Å². The third-order valence-electron chi connectivity index (χ3n) is 6.69. The van der Waals surface area contributed by atoms with Gasteiger partial charge in [-0.2, -0.15) is 0 Å². The van der Waals surface area contributed by atoms with Crippen LogP contribution in [0.15, 0.2) is 60.0 Å². The summed E-state index contributed by atoms with van der Waals surface area (Å²) in [5.41, 5.74) is 2.87. The zero-order valence-electron chi connectivity index (χ0n) is 18.5. The fourth-order valence-electron chi connectivity index (χ4n) is 5.04. The molecular formula is C25H25ClN4O3S. The van der Waals surface area contributed by atoms with Crippen molar-refractivity contribution in [3.8, 4) is 0 Å². The highest BCUT2D eigenvalue weighted by molar-refractivity contribution is 7.09. The number of para-hydroxylation sites is 1. The number of halogens is 1. The molecule has 3 heterocycles. The zero-order valence-corrected chi connectivity index (χ0v) is 20.1. The van der Waals surface area contributed by atoms with Crippen molar-refractivity contribution in [1.82, 2.24) is 5.32 Å². The van der Waals surface area contributed by atoms with Crippen LogP contribution in [0.4, 0.5) is 17.1 Å². The summed E-state index contributed by atoms with van der Waals surface area (Å²) in [5, 5.41) is 17.2. The number of benzene rings is 2. The van der Waals surface area contributed by atoms with Crippen LogP contribution in [0, 0.1) is 16.0 Å². The van der Waals surface area contributed by atoms with Crippen molar-refractivity contribution in [2.45, 2.75) is 18.9 Å². The van der Waals surface area contributed by atoms with E-state index in [2.05, 4.69) is 21.2 Å². The van der Waals surface area contributed by atoms with Gasteiger partial charge in [-0.25, -0.2) is 0 Å². The van der Waals surface area contributed by atoms with E-state index in [-0.39, 0.29) is 28.5 Å². The normalized spacial score (nSPS) is 19.3. The van der Waals surface area contributed by atoms with Gasteiger partial charge in [0.2, 0.25) is 5.91 Å². The number of piperazine rings is 1. The van der Waals surface area contributed by atoms with Gasteiger partial charge < -0.3 is 15.1 Å². The molecule has 2 atom stereocenters. The van der Waals surface area contributed by atoms with Crippen LogP contribution >= 0.6 is 22.9 Å². The predicted octanol–water partition coefficient (Wildman–Crippen LogP) is 4.54. The lowest BCUT2D eigenvalue weighted by Crippen LogP contribution is -2.61. The summed E-state index contributed by atoms with van der Waals surface area (Å²) in [5.74, 6) is -0.326. The fourth-order valence-corrected chi connectivity index (χ4v) is 6.01. The van der Waals surface area contributed by atoms with Crippen LogP contribution in [-0.4, -0.2) is 43.1 Å². The summed E-state index contributed by atoms with van der Waals surface area (Å²) in [6.07, 6.45) is 1.26. The maximum Gasteiger partial charge on any atom is 0.269 e. The number of nitro groups is 1. The number of anilines is 2. The highest BCUT2D eigenvalue weighted by Gasteiger charge is 2.42. The third kappa shape index (κ3) is 4.48. The standard InChI is InChI=1S/C25H25ClN4O3S/c26-21-5-1-2-6-23(21)28-11-12-29-22-8-7-18(30(32)33)14-17(22)15-20(24(29)16-28)25(31)27-10-9-19-4-3-13-34-19/h1-8,13-14,20,24H,9-12,15-16H2,(H,27,31)/t20-,24+/m0/s1. The Morgan fingerprint density at radius 1 is 1.15 bits per heavy atom. The number of carbonyl (C=O) groups excluding carboxylic acids is 1. The first-order valence-electron chi connectivity index (χ1n) is 11.3. The second-order valence-corrected chi connectivity index (χ2v) is 10.1. The number of non-ortho nitro benzene ring substituents is 1. The fraction of sp³-hybridized carbons (Fsp3) is 0.320. The number of nitrogens with one attached hydrogen (secondary N) is 1. The van der Waals surface area contributed by atoms with Gasteiger partial charge >= 0.3 is 0 Å². The molecule has 5 rings (SSSR count). The minimum Gasteiger partial charge on any atom is -0.366 e. The number of thiophene rings is 1. The molecule has 1 fully saturated rings. The summed E-state index contributed by atoms with van der Waals surface area (Å²) >= 11 is 8.16. The number of hydrogen-bond donors (Lipinski definition) is 1. The highest BCUT2D eigenvalue weighted by Crippen LogP contribution is 2.39. The average Bonchev–Trinajstić information content (AvgIpc) is 3.36. The number of nitro benzene ring substituents is 1. The minimum absolute atomic E-state index is 0.00952. The van der Waals surface area contributed by atoms with Crippen molar-refractivity contribution < 1.29 is 9.72 Å². The lowest BCUT2D eigenvalue weighted by molar-refractivity contribution is -0.384. The smallest absolute Gasteiger partial charge is 0.269 e. The minimum atomic E-state index is -0.377. The highest BCUT2D eigenvalue weighted by atomic mass is 35.5. The summed E-state index contributed by atoms with van der Waals surface area (Å²) in [6.45, 7) is 2.69. The van der Waals surface area contributed by atoms with Crippen LogP contribution in [0.5, 0.6) is 0 Å². The zero-order chi connectivity index (χ0) is 23.7. The molecule has 2 aliphatic rings. The Bertz CT molecular complexity index is 1200. The summed E-state index contributed by atoms with van der Waals surface area (Å²) in [7, 11) is 0. The molecule has 3 aromatic rings. The van der Waals surface area contributed by atoms with E-state index < -0.39 is 0 Å². The molecule has 1 amide bonds. The lowest BCUT2D eigenvalue weighted by atomic mass is 9.83. The second-order valence-electron chi connectivity index (χ2n) is 8.66. The number of nitrogens with zero attached hydrogens (tertiary/aromatic N) is 3. The Kier molecular flexibility index (Phi) is 6.43. The van der Waals surface area contributed by atoms with E-state index in [1.54, 1.807) is 23.5 Å². The molecule has 1 saturated heterocycles. The van der Waals surface area contributed by atoms with E-state index >= 15 is 0 Å². The van der Waals surface area contributed by atoms with Crippen LogP contribution in [0.2, 0.25) is 5.02 Å². The van der Waals surface area contributed by atoms with Crippen LogP contribution < -0.4 is 15.1 Å². The van der Waals surface area contributed by atoms with Crippen LogP contribution in [0.1, 0.15) is 10.4 Å². The Hall–Kier alpha value is -3.10. The molecule has 9 heteroatoms. The van der Waals surface area contributed by atoms with Gasteiger partial charge in [0, 0.05) is 48.9 Å². The molecule has 2 aromatic carbocycles. The molecule has 0 saturated carbocycles. The predicted molar refractivity (Wildman–Crippen MR) is 136 cm³/mol. The average molecular weight is 497 g/mol. The summed E-state index contributed by atoms with van der Waals surface area (Å²) in [4.78, 5) is 30.1. The number of fused-ring (bicyclic) bond motifs is 3. The summed E-state index contributed by atoms with van der Waals surface area (Å²) < 4.78 is 0. The number of carbonyl (C=O) groups is 1. The molecule has 0 unspecified atom stereocenters. The van der Waals surface area contributed by atoms with Gasteiger partial charge in [0.1, 0.15) is 0 Å². The maximum absolute atomic E-state index is 13.4. The molecule has 7 nitrogen and oxygen atoms in total. The Morgan fingerprint density at radius 2 is 2.00 bits per heavy atom. The first-order chi connectivity index (χ1) is 16.5. The van der Waals surface area contributed by atoms with Crippen molar-refractivity contribution in [2.24, 2.45) is 5.92 Å². The topological polar surface area (TPSA) is 78.7 Å². The van der Waals surface area contributed by atoms with E-state index in [9.17, 15) is 14.9 Å². The molecule has 176 valence electrons. The molecule has 1 N–H and O–H groups in total. The SMILES string of the molecule is O=C(NCCc1cccs1)[C@H]1Cc2cc([N+](=O)[O-])ccc2N2CCN(c3ccccc3Cl)C[C@H]12. The van der Waals surface area contributed by atoms with Crippen LogP contribution in [0.25, 0.3) is 0 Å². The molecule has 0 radical (unpaired) electrons. The molecule has 2 aliphatic heterocycles. The van der Waals surface area contributed by atoms with Crippen molar-refractivity contribution >= 4 is 45.9 Å². The molecule has 0 bridgehead atoms. The summed E-state index contributed by atoms with van der Waals surface area (Å²) in [6, 6.07) is 16.8. The maximum atomic E-state index is 13.4. The van der Waals surface area contributed by atoms with Gasteiger partial charge in [0.25, 0.3) is 5.69 Å². The van der Waals surface area contributed by atoms with Gasteiger partial charge in [0.15, 0.2) is 0 Å². The van der Waals surface area contributed by atoms with Gasteiger partial charge in [-0.3, -0.25) is 14.9 Å². The van der Waals surface area contributed by atoms with Gasteiger partial charge in [-0.05, 0) is 48.1 Å². The Labute approximate surface area is 207 Å². The quantitative estimate of drug-likeness (QED) is 0.400. The van der Waals surface area contributed by atoms with Crippen molar-refractivity contribution in [1.29, 1.82) is 0 Å². The van der Waals surface area contributed by atoms with Crippen molar-refractivity contribution in [2.75, 3.05) is 36.0 Å². The second kappa shape index (κ2) is 9.64. The number of rotatable bonds is 6. The van der Waals surface area contributed by atoms with E-state index in [4.69, 9.17) is 11.6 Å². The lowest BCUT2D eigenvalue weighted by Gasteiger charge is -2.49. The van der Waals surface area contributed by atoms with E-state index in [0.717, 1.165) is 29.9 Å². The molecule has 1 aromatic heterocycles. The number of amides is 1. The van der Waals surface area contributed by atoms with Gasteiger partial charge in [0.05, 0.1) is 27.6 Å². The number of hydrogen-bond acceptors (Lipinski definition) is 6. The van der Waals surface area contributed by atoms with E-state index in [1.165, 1.54) is 4.88 Å². The Morgan fingerprint density at radius 3 is 2.76 bits per heavy atom. The Balaban J connectivity index is 1.41.